The van der Waals surface area contributed by atoms with Gasteiger partial charge in [0.15, 0.2) is 5.13 Å². The van der Waals surface area contributed by atoms with E-state index in [0.29, 0.717) is 43.7 Å². The molecule has 0 fully saturated rings. The second-order valence-corrected chi connectivity index (χ2v) is 9.20. The summed E-state index contributed by atoms with van der Waals surface area (Å²) >= 11 is 19.5. The smallest absolute Gasteiger partial charge is 0.268 e. The number of aromatic nitrogens is 1. The number of furan rings is 1. The Morgan fingerprint density at radius 3 is 2.67 bits per heavy atom. The Bertz CT molecular complexity index is 1380. The van der Waals surface area contributed by atoms with E-state index in [1.807, 2.05) is 30.3 Å². The highest BCUT2D eigenvalue weighted by molar-refractivity contribution is 7.15. The predicted molar refractivity (Wildman–Crippen MR) is 133 cm³/mol. The van der Waals surface area contributed by atoms with Crippen molar-refractivity contribution in [2.24, 2.45) is 0 Å². The lowest BCUT2D eigenvalue weighted by atomic mass is 10.1. The SMILES string of the molecule is N#C/C(=C\c1ccc(-c2cccc(Cl)c2Cl)o1)C(=O)Nc1ncc(Cc2ccc(Cl)cc2)s1. The molecule has 0 radical (unpaired) electrons. The fourth-order valence-corrected chi connectivity index (χ4v) is 4.34. The normalized spacial score (nSPS) is 11.3. The lowest BCUT2D eigenvalue weighted by Gasteiger charge is -2.02. The summed E-state index contributed by atoms with van der Waals surface area (Å²) in [6, 6.07) is 18.0. The van der Waals surface area contributed by atoms with Crippen molar-refractivity contribution in [3.8, 4) is 17.4 Å². The van der Waals surface area contributed by atoms with E-state index in [2.05, 4.69) is 10.3 Å². The number of carbonyl (C=O) groups excluding carboxylic acids is 1. The average Bonchev–Trinajstić information content (AvgIpc) is 3.45. The van der Waals surface area contributed by atoms with Gasteiger partial charge in [-0.05, 0) is 42.0 Å². The first kappa shape index (κ1) is 23.1. The summed E-state index contributed by atoms with van der Waals surface area (Å²) < 4.78 is 5.74. The number of anilines is 1. The van der Waals surface area contributed by atoms with Crippen LogP contribution in [0.2, 0.25) is 15.1 Å². The van der Waals surface area contributed by atoms with Crippen LogP contribution in [0.5, 0.6) is 0 Å². The maximum Gasteiger partial charge on any atom is 0.268 e. The third-order valence-electron chi connectivity index (χ3n) is 4.56. The molecule has 33 heavy (non-hydrogen) atoms. The molecule has 4 aromatic rings. The van der Waals surface area contributed by atoms with Crippen molar-refractivity contribution in [1.82, 2.24) is 4.98 Å². The van der Waals surface area contributed by atoms with Gasteiger partial charge in [0.25, 0.3) is 5.91 Å². The maximum atomic E-state index is 12.6. The van der Waals surface area contributed by atoms with Crippen LogP contribution in [0, 0.1) is 11.3 Å². The first-order valence-corrected chi connectivity index (χ1v) is 11.5. The van der Waals surface area contributed by atoms with Crippen molar-refractivity contribution < 1.29 is 9.21 Å². The van der Waals surface area contributed by atoms with Crippen LogP contribution in [-0.2, 0) is 11.2 Å². The van der Waals surface area contributed by atoms with E-state index in [1.165, 1.54) is 17.4 Å². The second-order valence-electron chi connectivity index (χ2n) is 6.86. The minimum atomic E-state index is -0.580. The van der Waals surface area contributed by atoms with Crippen LogP contribution in [0.4, 0.5) is 5.13 Å². The zero-order valence-corrected chi connectivity index (χ0v) is 19.9. The molecule has 164 valence electrons. The molecule has 0 aliphatic carbocycles. The van der Waals surface area contributed by atoms with Crippen molar-refractivity contribution >= 4 is 63.3 Å². The number of halogens is 3. The van der Waals surface area contributed by atoms with E-state index < -0.39 is 5.91 Å². The molecule has 2 aromatic heterocycles. The quantitative estimate of drug-likeness (QED) is 0.213. The molecular formula is C24H14Cl3N3O2S. The number of rotatable bonds is 6. The molecule has 5 nitrogen and oxygen atoms in total. The van der Waals surface area contributed by atoms with Gasteiger partial charge in [0.2, 0.25) is 0 Å². The van der Waals surface area contributed by atoms with Crippen molar-refractivity contribution in [1.29, 1.82) is 5.26 Å². The van der Waals surface area contributed by atoms with Crippen molar-refractivity contribution in [3.63, 3.8) is 0 Å². The zero-order valence-electron chi connectivity index (χ0n) is 16.8. The third kappa shape index (κ3) is 5.65. The minimum Gasteiger partial charge on any atom is -0.457 e. The highest BCUT2D eigenvalue weighted by atomic mass is 35.5. The Morgan fingerprint density at radius 1 is 1.12 bits per heavy atom. The largest absolute Gasteiger partial charge is 0.457 e. The summed E-state index contributed by atoms with van der Waals surface area (Å²) in [7, 11) is 0. The molecule has 0 aliphatic rings. The van der Waals surface area contributed by atoms with Gasteiger partial charge < -0.3 is 4.42 Å². The Hall–Kier alpha value is -3.08. The predicted octanol–water partition coefficient (Wildman–Crippen LogP) is 7.50. The van der Waals surface area contributed by atoms with Crippen LogP contribution in [0.25, 0.3) is 17.4 Å². The Morgan fingerprint density at radius 2 is 1.91 bits per heavy atom. The van der Waals surface area contributed by atoms with Crippen LogP contribution < -0.4 is 5.32 Å². The summed E-state index contributed by atoms with van der Waals surface area (Å²) in [4.78, 5) is 17.8. The standard InChI is InChI=1S/C24H14Cl3N3O2S/c25-16-6-4-14(5-7-16)10-18-13-29-24(33-18)30-23(31)15(12-28)11-17-8-9-21(32-17)19-2-1-3-20(26)22(19)27/h1-9,11,13H,10H2,(H,29,30,31)/b15-11+. The number of nitrogens with one attached hydrogen (secondary N) is 1. The van der Waals surface area contributed by atoms with E-state index in [0.717, 1.165) is 10.4 Å². The Balaban J connectivity index is 1.46. The van der Waals surface area contributed by atoms with Crippen LogP contribution in [0.3, 0.4) is 0 Å². The summed E-state index contributed by atoms with van der Waals surface area (Å²) in [5, 5.41) is 14.0. The highest BCUT2D eigenvalue weighted by Crippen LogP contribution is 2.34. The van der Waals surface area contributed by atoms with Gasteiger partial charge in [-0.25, -0.2) is 4.98 Å². The average molecular weight is 515 g/mol. The molecule has 0 saturated heterocycles. The Labute approximate surface area is 208 Å². The van der Waals surface area contributed by atoms with Crippen LogP contribution >= 0.6 is 46.1 Å². The summed E-state index contributed by atoms with van der Waals surface area (Å²) in [6.45, 7) is 0. The maximum absolute atomic E-state index is 12.6. The lowest BCUT2D eigenvalue weighted by Crippen LogP contribution is -2.13. The number of nitriles is 1. The van der Waals surface area contributed by atoms with Gasteiger partial charge in [-0.3, -0.25) is 10.1 Å². The van der Waals surface area contributed by atoms with Crippen molar-refractivity contribution in [2.45, 2.75) is 6.42 Å². The number of hydrogen-bond acceptors (Lipinski definition) is 5. The van der Waals surface area contributed by atoms with E-state index in [1.54, 1.807) is 36.5 Å². The number of benzene rings is 2. The third-order valence-corrected chi connectivity index (χ3v) is 6.54. The molecule has 0 aliphatic heterocycles. The van der Waals surface area contributed by atoms with Gasteiger partial charge in [-0.1, -0.05) is 53.0 Å². The molecule has 2 heterocycles. The fourth-order valence-electron chi connectivity index (χ4n) is 2.98. The number of nitrogens with zero attached hydrogens (tertiary/aromatic N) is 2. The van der Waals surface area contributed by atoms with E-state index in [4.69, 9.17) is 39.2 Å². The number of carbonyl (C=O) groups is 1. The molecule has 9 heteroatoms. The number of thiazole rings is 1. The molecule has 1 amide bonds. The molecule has 0 saturated carbocycles. The zero-order chi connectivity index (χ0) is 23.4. The fraction of sp³-hybridized carbons (Fsp3) is 0.0417. The molecule has 4 rings (SSSR count). The van der Waals surface area contributed by atoms with Crippen molar-refractivity contribution in [2.75, 3.05) is 5.32 Å². The van der Waals surface area contributed by atoms with E-state index in [-0.39, 0.29) is 5.57 Å². The summed E-state index contributed by atoms with van der Waals surface area (Å²) in [6.07, 6.45) is 3.71. The first-order chi connectivity index (χ1) is 15.9. The molecule has 0 unspecified atom stereocenters. The Kier molecular flexibility index (Phi) is 7.17. The monoisotopic (exact) mass is 513 g/mol. The molecule has 0 spiro atoms. The second kappa shape index (κ2) is 10.2. The molecule has 0 bridgehead atoms. The van der Waals surface area contributed by atoms with Gasteiger partial charge in [0, 0.05) is 34.2 Å². The lowest BCUT2D eigenvalue weighted by molar-refractivity contribution is -0.112. The van der Waals surface area contributed by atoms with Gasteiger partial charge >= 0.3 is 0 Å². The van der Waals surface area contributed by atoms with Crippen LogP contribution in [-0.4, -0.2) is 10.9 Å². The van der Waals surface area contributed by atoms with Gasteiger partial charge in [-0.15, -0.1) is 11.3 Å². The molecule has 2 aromatic carbocycles. The first-order valence-electron chi connectivity index (χ1n) is 9.59. The summed E-state index contributed by atoms with van der Waals surface area (Å²) in [5.74, 6) is 0.220. The molecule has 1 N–H and O–H groups in total. The van der Waals surface area contributed by atoms with Gasteiger partial charge in [0.1, 0.15) is 23.2 Å². The molecular weight excluding hydrogens is 501 g/mol. The van der Waals surface area contributed by atoms with Gasteiger partial charge in [-0.2, -0.15) is 5.26 Å². The van der Waals surface area contributed by atoms with E-state index >= 15 is 0 Å². The molecule has 0 atom stereocenters. The van der Waals surface area contributed by atoms with Crippen LogP contribution in [0.15, 0.2) is 70.8 Å². The summed E-state index contributed by atoms with van der Waals surface area (Å²) in [5.41, 5.74) is 1.57. The van der Waals surface area contributed by atoms with Crippen molar-refractivity contribution in [3.05, 3.63) is 97.6 Å². The minimum absolute atomic E-state index is 0.123. The van der Waals surface area contributed by atoms with E-state index in [9.17, 15) is 10.1 Å². The van der Waals surface area contributed by atoms with Crippen LogP contribution in [0.1, 0.15) is 16.2 Å². The number of hydrogen-bond donors (Lipinski definition) is 1. The highest BCUT2D eigenvalue weighted by Gasteiger charge is 2.15. The van der Waals surface area contributed by atoms with Gasteiger partial charge in [0.05, 0.1) is 10.0 Å². The number of amides is 1. The topological polar surface area (TPSA) is 78.9 Å².